The van der Waals surface area contributed by atoms with Crippen LogP contribution in [0.2, 0.25) is 0 Å². The third-order valence-corrected chi connectivity index (χ3v) is 6.71. The van der Waals surface area contributed by atoms with E-state index in [1.807, 2.05) is 25.1 Å². The molecule has 0 saturated heterocycles. The number of hydrogen-bond donors (Lipinski definition) is 0. The minimum Gasteiger partial charge on any atom is -0.460 e. The molecule has 3 nitrogen and oxygen atoms in total. The molecule has 2 aromatic rings. The van der Waals surface area contributed by atoms with Crippen molar-refractivity contribution in [2.24, 2.45) is 10.8 Å². The largest absolute Gasteiger partial charge is 0.460 e. The molecule has 3 rings (SSSR count). The molecule has 0 spiro atoms. The number of carbonyl (C=O) groups excluding carboxylic acids is 1. The van der Waals surface area contributed by atoms with Crippen molar-refractivity contribution in [3.63, 3.8) is 0 Å². The predicted octanol–water partition coefficient (Wildman–Crippen LogP) is 6.21. The van der Waals surface area contributed by atoms with Crippen molar-refractivity contribution in [3.05, 3.63) is 82.4 Å². The molecule has 0 heterocycles. The van der Waals surface area contributed by atoms with E-state index in [1.54, 1.807) is 56.3 Å². The van der Waals surface area contributed by atoms with Crippen molar-refractivity contribution in [1.29, 1.82) is 5.26 Å². The highest BCUT2D eigenvalue weighted by Crippen LogP contribution is 2.79. The first-order chi connectivity index (χ1) is 14.5. The minimum atomic E-state index is -4.81. The highest BCUT2D eigenvalue weighted by atomic mass is 35.5. The van der Waals surface area contributed by atoms with Crippen molar-refractivity contribution >= 4 is 17.6 Å². The smallest absolute Gasteiger partial charge is 0.426 e. The Kier molecular flexibility index (Phi) is 5.70. The van der Waals surface area contributed by atoms with E-state index in [1.165, 1.54) is 0 Å². The van der Waals surface area contributed by atoms with Gasteiger partial charge in [-0.3, -0.25) is 4.79 Å². The lowest BCUT2D eigenvalue weighted by molar-refractivity contribution is -0.150. The Bertz CT molecular complexity index is 1070. The zero-order valence-corrected chi connectivity index (χ0v) is 18.0. The van der Waals surface area contributed by atoms with E-state index in [0.29, 0.717) is 5.56 Å². The molecule has 0 aromatic heterocycles. The van der Waals surface area contributed by atoms with Gasteiger partial charge < -0.3 is 4.74 Å². The van der Waals surface area contributed by atoms with Crippen LogP contribution in [0.5, 0.6) is 0 Å². The van der Waals surface area contributed by atoms with Crippen LogP contribution < -0.4 is 0 Å². The van der Waals surface area contributed by atoms with Gasteiger partial charge in [0.15, 0.2) is 5.41 Å². The Morgan fingerprint density at radius 1 is 1.13 bits per heavy atom. The maximum atomic E-state index is 13.3. The third kappa shape index (κ3) is 3.32. The van der Waals surface area contributed by atoms with E-state index in [0.717, 1.165) is 17.2 Å². The van der Waals surface area contributed by atoms with Crippen LogP contribution in [0, 0.1) is 29.1 Å². The van der Waals surface area contributed by atoms with Gasteiger partial charge in [0, 0.05) is 5.41 Å². The summed E-state index contributed by atoms with van der Waals surface area (Å²) in [6, 6.07) is 17.4. The Morgan fingerprint density at radius 2 is 1.71 bits per heavy atom. The van der Waals surface area contributed by atoms with Gasteiger partial charge in [0.2, 0.25) is 0 Å². The van der Waals surface area contributed by atoms with Gasteiger partial charge in [0.1, 0.15) is 11.6 Å². The van der Waals surface area contributed by atoms with Gasteiger partial charge in [0.25, 0.3) is 0 Å². The maximum Gasteiger partial charge on any atom is 0.426 e. The second-order valence-corrected chi connectivity index (χ2v) is 8.56. The maximum absolute atomic E-state index is 13.3. The summed E-state index contributed by atoms with van der Waals surface area (Å²) in [6.45, 7) is 4.92. The van der Waals surface area contributed by atoms with Crippen LogP contribution in [-0.2, 0) is 21.6 Å². The molecule has 0 N–H and O–H groups in total. The van der Waals surface area contributed by atoms with Gasteiger partial charge in [-0.2, -0.15) is 18.4 Å². The molecule has 1 saturated carbocycles. The summed E-state index contributed by atoms with van der Waals surface area (Å²) >= 11 is 5.62. The molecule has 1 aliphatic carbocycles. The van der Waals surface area contributed by atoms with Gasteiger partial charge in [-0.25, -0.2) is 0 Å². The second-order valence-electron chi connectivity index (χ2n) is 8.15. The SMILES string of the molecule is Cc1ccccc1COC(=O)C1(C#N)C(C)(C)C1(C=C(Cl)C(F)(F)F)c1ccccc1. The first-order valence-electron chi connectivity index (χ1n) is 9.60. The lowest BCUT2D eigenvalue weighted by Gasteiger charge is -2.20. The number of nitriles is 1. The highest BCUT2D eigenvalue weighted by Gasteiger charge is 2.88. The van der Waals surface area contributed by atoms with Crippen molar-refractivity contribution in [1.82, 2.24) is 0 Å². The summed E-state index contributed by atoms with van der Waals surface area (Å²) in [5, 5.41) is 8.74. The Morgan fingerprint density at radius 3 is 2.26 bits per heavy atom. The van der Waals surface area contributed by atoms with Crippen LogP contribution in [0.4, 0.5) is 13.2 Å². The van der Waals surface area contributed by atoms with Crippen LogP contribution in [0.1, 0.15) is 30.5 Å². The first-order valence-corrected chi connectivity index (χ1v) is 9.97. The lowest BCUT2D eigenvalue weighted by Crippen LogP contribution is -2.27. The number of aryl methyl sites for hydroxylation is 1. The summed E-state index contributed by atoms with van der Waals surface area (Å²) in [5.41, 5.74) is -2.66. The van der Waals surface area contributed by atoms with Crippen molar-refractivity contribution in [3.8, 4) is 6.07 Å². The standard InChI is InChI=1S/C24H21ClF3NO2/c1-16-9-7-8-10-17(16)14-31-20(30)23(15-29)21(2,3)22(23,13-19(25)24(26,27)28)18-11-5-4-6-12-18/h4-13H,14H2,1-3H3. The molecular weight excluding hydrogens is 427 g/mol. The molecule has 31 heavy (non-hydrogen) atoms. The Hall–Kier alpha value is -2.78. The fraction of sp³-hybridized carbons (Fsp3) is 0.333. The fourth-order valence-electron chi connectivity index (χ4n) is 4.54. The third-order valence-electron chi connectivity index (χ3n) is 6.39. The second kappa shape index (κ2) is 7.72. The predicted molar refractivity (Wildman–Crippen MR) is 111 cm³/mol. The molecule has 7 heteroatoms. The number of allylic oxidation sites excluding steroid dienone is 2. The summed E-state index contributed by atoms with van der Waals surface area (Å²) in [4.78, 5) is 13.3. The van der Waals surface area contributed by atoms with Gasteiger partial charge in [-0.05, 0) is 29.7 Å². The molecule has 2 aromatic carbocycles. The van der Waals surface area contributed by atoms with E-state index in [9.17, 15) is 23.2 Å². The monoisotopic (exact) mass is 447 g/mol. The van der Waals surface area contributed by atoms with E-state index >= 15 is 0 Å². The molecular formula is C24H21ClF3NO2. The number of benzene rings is 2. The molecule has 0 aliphatic heterocycles. The number of rotatable bonds is 5. The van der Waals surface area contributed by atoms with Crippen molar-refractivity contribution in [2.75, 3.05) is 0 Å². The topological polar surface area (TPSA) is 50.1 Å². The molecule has 1 aliphatic rings. The molecule has 162 valence electrons. The lowest BCUT2D eigenvalue weighted by atomic mass is 9.85. The minimum absolute atomic E-state index is 0.0907. The van der Waals surface area contributed by atoms with Gasteiger partial charge >= 0.3 is 12.1 Å². The van der Waals surface area contributed by atoms with Gasteiger partial charge in [0.05, 0.1) is 11.5 Å². The number of nitrogens with zero attached hydrogens (tertiary/aromatic N) is 1. The van der Waals surface area contributed by atoms with E-state index in [2.05, 4.69) is 0 Å². The van der Waals surface area contributed by atoms with E-state index < -0.39 is 33.4 Å². The Labute approximate surface area is 184 Å². The molecule has 2 atom stereocenters. The summed E-state index contributed by atoms with van der Waals surface area (Å²) in [7, 11) is 0. The fourth-order valence-corrected chi connectivity index (χ4v) is 4.71. The summed E-state index contributed by atoms with van der Waals surface area (Å²) in [5.74, 6) is -0.880. The number of esters is 1. The normalized spacial score (nSPS) is 24.9. The average Bonchev–Trinajstić information content (AvgIpc) is 3.17. The Balaban J connectivity index is 2.10. The highest BCUT2D eigenvalue weighted by molar-refractivity contribution is 6.30. The van der Waals surface area contributed by atoms with Crippen LogP contribution in [0.15, 0.2) is 65.7 Å². The van der Waals surface area contributed by atoms with Crippen LogP contribution >= 0.6 is 11.6 Å². The van der Waals surface area contributed by atoms with Gasteiger partial charge in [-0.15, -0.1) is 0 Å². The molecule has 0 amide bonds. The summed E-state index contributed by atoms with van der Waals surface area (Å²) in [6.07, 6.45) is -4.02. The molecule has 0 radical (unpaired) electrons. The van der Waals surface area contributed by atoms with Crippen molar-refractivity contribution < 1.29 is 22.7 Å². The molecule has 0 bridgehead atoms. The number of halogens is 4. The molecule has 1 fully saturated rings. The number of alkyl halides is 3. The van der Waals surface area contributed by atoms with Crippen LogP contribution in [-0.4, -0.2) is 12.1 Å². The summed E-state index contributed by atoms with van der Waals surface area (Å²) < 4.78 is 45.5. The number of carbonyl (C=O) groups is 1. The van der Waals surface area contributed by atoms with Crippen LogP contribution in [0.3, 0.4) is 0 Å². The zero-order chi connectivity index (χ0) is 23.1. The molecule has 2 unspecified atom stereocenters. The first kappa shape index (κ1) is 22.9. The van der Waals surface area contributed by atoms with E-state index in [4.69, 9.17) is 16.3 Å². The zero-order valence-electron chi connectivity index (χ0n) is 17.3. The average molecular weight is 448 g/mol. The van der Waals surface area contributed by atoms with Crippen LogP contribution in [0.25, 0.3) is 0 Å². The van der Waals surface area contributed by atoms with Crippen molar-refractivity contribution in [2.45, 2.75) is 39.0 Å². The van der Waals surface area contributed by atoms with Gasteiger partial charge in [-0.1, -0.05) is 80.0 Å². The quantitative estimate of drug-likeness (QED) is 0.512. The number of hydrogen-bond acceptors (Lipinski definition) is 3. The van der Waals surface area contributed by atoms with E-state index in [-0.39, 0.29) is 6.61 Å². The number of ether oxygens (including phenoxy) is 1.